The summed E-state index contributed by atoms with van der Waals surface area (Å²) < 4.78 is 113. The number of rotatable bonds is 19. The molecule has 3 heterocycles. The van der Waals surface area contributed by atoms with Gasteiger partial charge in [-0.05, 0) is 79.8 Å². The van der Waals surface area contributed by atoms with E-state index in [0.717, 1.165) is 23.1 Å². The van der Waals surface area contributed by atoms with Gasteiger partial charge in [-0.1, -0.05) is 35.6 Å². The minimum Gasteiger partial charge on any atom is -0.497 e. The number of imidazole rings is 1. The molecule has 0 radical (unpaired) electrons. The van der Waals surface area contributed by atoms with Crippen LogP contribution >= 0.6 is 23.1 Å². The zero-order valence-electron chi connectivity index (χ0n) is 38.4. The zero-order valence-corrected chi connectivity index (χ0v) is 42.5. The topological polar surface area (TPSA) is 350 Å². The lowest BCUT2D eigenvalue weighted by Gasteiger charge is -2.12. The van der Waals surface area contributed by atoms with Crippen LogP contribution in [-0.4, -0.2) is 94.5 Å². The van der Waals surface area contributed by atoms with Crippen LogP contribution in [0.4, 0.5) is 33.6 Å². The van der Waals surface area contributed by atoms with Gasteiger partial charge in [0.25, 0.3) is 30.4 Å². The first-order valence-electron chi connectivity index (χ1n) is 21.4. The van der Waals surface area contributed by atoms with Gasteiger partial charge in [-0.25, -0.2) is 9.97 Å². The summed E-state index contributed by atoms with van der Waals surface area (Å²) in [5, 5.41) is 59.8. The van der Waals surface area contributed by atoms with Crippen molar-refractivity contribution in [2.75, 3.05) is 31.0 Å². The Balaban J connectivity index is 1.17. The van der Waals surface area contributed by atoms with Crippen LogP contribution in [0.15, 0.2) is 113 Å². The molecule has 0 aliphatic heterocycles. The Labute approximate surface area is 423 Å². The van der Waals surface area contributed by atoms with Crippen molar-refractivity contribution in [3.63, 3.8) is 0 Å². The summed E-state index contributed by atoms with van der Waals surface area (Å²) in [4.78, 5) is 8.86. The Morgan fingerprint density at radius 2 is 1.52 bits per heavy atom. The number of benzene rings is 5. The molecule has 8 rings (SSSR count). The molecule has 5 N–H and O–H groups in total. The molecular formula is C45H40N10O13S5. The average molecular weight is 1090 g/mol. The Kier molecular flexibility index (Phi) is 15.2. The highest BCUT2D eigenvalue weighted by molar-refractivity contribution is 7.99. The third-order valence-corrected chi connectivity index (χ3v) is 15.5. The highest BCUT2D eigenvalue weighted by atomic mass is 32.2. The lowest BCUT2D eigenvalue weighted by atomic mass is 10.1. The summed E-state index contributed by atoms with van der Waals surface area (Å²) in [6.45, 7) is 2.43. The maximum absolute atomic E-state index is 12.4. The maximum atomic E-state index is 12.4. The minimum atomic E-state index is -4.69. The summed E-state index contributed by atoms with van der Waals surface area (Å²) in [6.07, 6.45) is -0.106. The van der Waals surface area contributed by atoms with E-state index in [4.69, 9.17) is 9.47 Å². The number of aromatic hydroxyl groups is 1. The molecule has 0 aliphatic carbocycles. The van der Waals surface area contributed by atoms with Gasteiger partial charge >= 0.3 is 0 Å². The first-order valence-corrected chi connectivity index (χ1v) is 27.9. The van der Waals surface area contributed by atoms with Gasteiger partial charge in [0.1, 0.15) is 39.2 Å². The van der Waals surface area contributed by atoms with Crippen molar-refractivity contribution in [2.24, 2.45) is 30.7 Å². The molecule has 0 aliphatic rings. The van der Waals surface area contributed by atoms with Crippen LogP contribution in [0.1, 0.15) is 35.1 Å². The molecule has 0 atom stereocenters. The van der Waals surface area contributed by atoms with Crippen LogP contribution in [0.3, 0.4) is 0 Å². The predicted molar refractivity (Wildman–Crippen MR) is 272 cm³/mol. The Morgan fingerprint density at radius 1 is 0.808 bits per heavy atom. The van der Waals surface area contributed by atoms with Crippen LogP contribution in [-0.2, 0) is 37.0 Å². The molecule has 0 unspecified atom stereocenters. The SMILES string of the molecule is COc1ccc2nc3c(C#N)c(C)c(N=Nc4cc(C)c(N=Nc5cc(CO)c(N=Nc6nc7c(S(=O)(=O)O)cc8ccccc8c7s6)cc5SCCCS(=O)(=O)O)cc4OCCCS(=O)(=O)O)c(O)n3c2c1. The second-order valence-corrected chi connectivity index (χ2v) is 22.6. The molecule has 5 aromatic carbocycles. The Bertz CT molecular complexity index is 4000. The van der Waals surface area contributed by atoms with Crippen molar-refractivity contribution >= 4 is 125 Å². The third-order valence-electron chi connectivity index (χ3n) is 11.0. The van der Waals surface area contributed by atoms with E-state index in [-0.39, 0.29) is 98.3 Å². The molecule has 0 amide bonds. The van der Waals surface area contributed by atoms with Crippen molar-refractivity contribution in [1.82, 2.24) is 14.4 Å². The second kappa shape index (κ2) is 21.2. The summed E-state index contributed by atoms with van der Waals surface area (Å²) in [6, 6.07) is 21.3. The molecule has 0 saturated carbocycles. The van der Waals surface area contributed by atoms with E-state index in [0.29, 0.717) is 42.7 Å². The number of aromatic nitrogens is 3. The molecular weight excluding hydrogens is 1050 g/mol. The quantitative estimate of drug-likeness (QED) is 0.0217. The molecule has 378 valence electrons. The fourth-order valence-electron chi connectivity index (χ4n) is 7.45. The second-order valence-electron chi connectivity index (χ2n) is 15.9. The van der Waals surface area contributed by atoms with Gasteiger partial charge in [-0.3, -0.25) is 18.1 Å². The van der Waals surface area contributed by atoms with Gasteiger partial charge < -0.3 is 19.7 Å². The number of thiazole rings is 1. The van der Waals surface area contributed by atoms with E-state index < -0.39 is 53.4 Å². The minimum absolute atomic E-state index is 0.0158. The number of thioether (sulfide) groups is 1. The molecule has 0 spiro atoms. The van der Waals surface area contributed by atoms with E-state index in [9.17, 15) is 54.4 Å². The maximum Gasteiger partial charge on any atom is 0.296 e. The zero-order chi connectivity index (χ0) is 52.4. The number of azo groups is 3. The molecule has 8 aromatic rings. The Morgan fingerprint density at radius 3 is 2.23 bits per heavy atom. The van der Waals surface area contributed by atoms with E-state index in [1.165, 1.54) is 41.8 Å². The third kappa shape index (κ3) is 11.8. The van der Waals surface area contributed by atoms with Crippen molar-refractivity contribution in [3.05, 3.63) is 95.1 Å². The number of fused-ring (bicyclic) bond motifs is 6. The number of aliphatic hydroxyl groups is 1. The van der Waals surface area contributed by atoms with Crippen LogP contribution in [0, 0.1) is 25.2 Å². The smallest absolute Gasteiger partial charge is 0.296 e. The molecule has 73 heavy (non-hydrogen) atoms. The van der Waals surface area contributed by atoms with Crippen molar-refractivity contribution in [3.8, 4) is 23.4 Å². The summed E-state index contributed by atoms with van der Waals surface area (Å²) in [5.74, 6) is -0.885. The number of pyridine rings is 1. The van der Waals surface area contributed by atoms with Gasteiger partial charge in [0.05, 0.1) is 64.6 Å². The first-order chi connectivity index (χ1) is 34.7. The summed E-state index contributed by atoms with van der Waals surface area (Å²) in [7, 11) is -11.8. The standard InChI is InChI=1S/C45H40N10O13S5/c1-24-16-34(51-53-40-25(2)30(22-46)43-47-31-11-10-28(67-3)19-36(31)55(43)44(40)57)37(68-12-6-14-71(58,59)60)20-32(24)49-52-35-17-27(23-56)33(21-38(35)69-13-7-15-72(61,62)63)50-54-45-48-41-39(73(64,65)66)18-26-8-4-5-9-29(26)42(41)70-45/h4-5,8-11,16-21,56-57H,6-7,12-15,23H2,1-3H3,(H,58,59,60)(H,61,62,63)(H,64,65,66). The average Bonchev–Trinajstić information content (AvgIpc) is 3.94. The number of hydrogen-bond donors (Lipinski definition) is 5. The number of hydrogen-bond acceptors (Lipinski definition) is 21. The van der Waals surface area contributed by atoms with Crippen LogP contribution < -0.4 is 9.47 Å². The number of aryl methyl sites for hydroxylation is 1. The van der Waals surface area contributed by atoms with E-state index in [2.05, 4.69) is 46.7 Å². The molecule has 28 heteroatoms. The monoisotopic (exact) mass is 1090 g/mol. The van der Waals surface area contributed by atoms with E-state index in [1.54, 1.807) is 56.3 Å². The number of methoxy groups -OCH3 is 1. The number of aliphatic hydroxyl groups excluding tert-OH is 1. The highest BCUT2D eigenvalue weighted by Gasteiger charge is 2.23. The summed E-state index contributed by atoms with van der Waals surface area (Å²) >= 11 is 2.15. The number of nitrogens with zero attached hydrogens (tertiary/aromatic N) is 10. The largest absolute Gasteiger partial charge is 0.497 e. The Hall–Kier alpha value is -7.07. The normalized spacial score (nSPS) is 12.7. The van der Waals surface area contributed by atoms with E-state index in [1.807, 2.05) is 0 Å². The summed E-state index contributed by atoms with van der Waals surface area (Å²) in [5.41, 5.74) is 2.63. The van der Waals surface area contributed by atoms with Crippen molar-refractivity contribution in [1.29, 1.82) is 5.26 Å². The van der Waals surface area contributed by atoms with Gasteiger partial charge in [0, 0.05) is 33.5 Å². The molecule has 3 aromatic heterocycles. The predicted octanol–water partition coefficient (Wildman–Crippen LogP) is 10.5. The number of nitriles is 1. The first kappa shape index (κ1) is 52.3. The van der Waals surface area contributed by atoms with Crippen molar-refractivity contribution in [2.45, 2.75) is 43.1 Å². The molecule has 23 nitrogen and oxygen atoms in total. The van der Waals surface area contributed by atoms with Gasteiger partial charge in [-0.15, -0.1) is 37.3 Å². The van der Waals surface area contributed by atoms with Gasteiger partial charge in [0.15, 0.2) is 11.3 Å². The molecule has 0 bridgehead atoms. The number of ether oxygens (including phenoxy) is 2. The van der Waals surface area contributed by atoms with Gasteiger partial charge in [0.2, 0.25) is 11.0 Å². The fraction of sp³-hybridized carbons (Fsp3) is 0.222. The highest BCUT2D eigenvalue weighted by Crippen LogP contribution is 2.44. The lowest BCUT2D eigenvalue weighted by Crippen LogP contribution is -2.08. The van der Waals surface area contributed by atoms with Crippen LogP contribution in [0.2, 0.25) is 0 Å². The van der Waals surface area contributed by atoms with Gasteiger partial charge in [-0.2, -0.15) is 35.6 Å². The fourth-order valence-corrected chi connectivity index (χ4v) is 11.3. The van der Waals surface area contributed by atoms with Crippen LogP contribution in [0.5, 0.6) is 17.4 Å². The lowest BCUT2D eigenvalue weighted by molar-refractivity contribution is 0.282. The van der Waals surface area contributed by atoms with Crippen LogP contribution in [0.25, 0.3) is 37.7 Å². The van der Waals surface area contributed by atoms with Crippen molar-refractivity contribution < 1.29 is 58.6 Å². The van der Waals surface area contributed by atoms with E-state index >= 15 is 0 Å². The molecule has 0 fully saturated rings. The molecule has 0 saturated heterocycles.